The Bertz CT molecular complexity index is 710. The van der Waals surface area contributed by atoms with E-state index in [0.717, 1.165) is 5.56 Å². The van der Waals surface area contributed by atoms with Crippen LogP contribution in [0.3, 0.4) is 0 Å². The van der Waals surface area contributed by atoms with Gasteiger partial charge < -0.3 is 14.6 Å². The molecule has 0 fully saturated rings. The average Bonchev–Trinajstić information content (AvgIpc) is 2.61. The van der Waals surface area contributed by atoms with Crippen molar-refractivity contribution in [3.8, 4) is 0 Å². The van der Waals surface area contributed by atoms with Gasteiger partial charge in [0.2, 0.25) is 0 Å². The maximum atomic E-state index is 11.9. The molecule has 29 heavy (non-hydrogen) atoms. The Balaban J connectivity index is 2.37. The third-order valence-corrected chi connectivity index (χ3v) is 3.75. The molecular formula is C21H30N2O6. The summed E-state index contributed by atoms with van der Waals surface area (Å²) in [5.74, 6) is -2.05. The van der Waals surface area contributed by atoms with E-state index >= 15 is 0 Å². The highest BCUT2D eigenvalue weighted by atomic mass is 16.6. The van der Waals surface area contributed by atoms with Crippen LogP contribution >= 0.6 is 0 Å². The fraction of sp³-hybridized carbons (Fsp3) is 0.524. The molecule has 0 radical (unpaired) electrons. The molecule has 0 bridgehead atoms. The van der Waals surface area contributed by atoms with Gasteiger partial charge in [0.15, 0.2) is 0 Å². The van der Waals surface area contributed by atoms with Crippen molar-refractivity contribution in [2.75, 3.05) is 6.54 Å². The molecule has 1 amide bonds. The van der Waals surface area contributed by atoms with Crippen molar-refractivity contribution in [2.45, 2.75) is 59.2 Å². The maximum absolute atomic E-state index is 11.9. The Hall–Kier alpha value is -2.90. The van der Waals surface area contributed by atoms with Gasteiger partial charge in [-0.1, -0.05) is 30.3 Å². The summed E-state index contributed by atoms with van der Waals surface area (Å²) in [6, 6.07) is 9.19. The van der Waals surface area contributed by atoms with Crippen LogP contribution in [0.25, 0.3) is 0 Å². The summed E-state index contributed by atoms with van der Waals surface area (Å²) in [5.41, 5.74) is 0.240. The Morgan fingerprint density at radius 2 is 1.83 bits per heavy atom. The first-order valence-electron chi connectivity index (χ1n) is 9.50. The summed E-state index contributed by atoms with van der Waals surface area (Å²) in [5, 5.41) is 11.8. The van der Waals surface area contributed by atoms with E-state index in [1.165, 1.54) is 0 Å². The highest BCUT2D eigenvalue weighted by Gasteiger charge is 2.22. The SMILES string of the molecule is CC(=NCCC[C@H](CC(=O)OCc1ccccc1)C(=O)O)NC(=O)OC(C)(C)C. The topological polar surface area (TPSA) is 114 Å². The number of amidine groups is 1. The van der Waals surface area contributed by atoms with Crippen LogP contribution in [0.4, 0.5) is 4.79 Å². The fourth-order valence-corrected chi connectivity index (χ4v) is 2.39. The van der Waals surface area contributed by atoms with Gasteiger partial charge in [-0.05, 0) is 46.1 Å². The number of rotatable bonds is 9. The minimum Gasteiger partial charge on any atom is -0.481 e. The lowest BCUT2D eigenvalue weighted by Crippen LogP contribution is -2.35. The summed E-state index contributed by atoms with van der Waals surface area (Å²) < 4.78 is 10.3. The second kappa shape index (κ2) is 11.8. The van der Waals surface area contributed by atoms with E-state index < -0.39 is 29.6 Å². The van der Waals surface area contributed by atoms with Gasteiger partial charge in [0.1, 0.15) is 18.0 Å². The minimum atomic E-state index is -1.05. The number of hydrogen-bond acceptors (Lipinski definition) is 6. The molecule has 8 nitrogen and oxygen atoms in total. The molecule has 8 heteroatoms. The molecule has 0 spiro atoms. The number of alkyl carbamates (subject to hydrolysis) is 1. The number of amides is 1. The van der Waals surface area contributed by atoms with Crippen LogP contribution < -0.4 is 5.32 Å². The first kappa shape index (κ1) is 24.1. The largest absolute Gasteiger partial charge is 0.481 e. The van der Waals surface area contributed by atoms with Gasteiger partial charge in [-0.15, -0.1) is 0 Å². The fourth-order valence-electron chi connectivity index (χ4n) is 2.39. The van der Waals surface area contributed by atoms with E-state index in [2.05, 4.69) is 10.3 Å². The highest BCUT2D eigenvalue weighted by molar-refractivity contribution is 5.93. The molecule has 0 aromatic heterocycles. The number of carbonyl (C=O) groups excluding carboxylic acids is 2. The number of aliphatic carboxylic acids is 1. The monoisotopic (exact) mass is 406 g/mol. The molecule has 160 valence electrons. The quantitative estimate of drug-likeness (QED) is 0.281. The van der Waals surface area contributed by atoms with Crippen LogP contribution in [0.1, 0.15) is 52.5 Å². The molecule has 2 N–H and O–H groups in total. The minimum absolute atomic E-state index is 0.117. The third-order valence-electron chi connectivity index (χ3n) is 3.75. The zero-order chi connectivity index (χ0) is 21.9. The van der Waals surface area contributed by atoms with Crippen LogP contribution in [0.2, 0.25) is 0 Å². The van der Waals surface area contributed by atoms with Gasteiger partial charge in [-0.25, -0.2) is 4.79 Å². The van der Waals surface area contributed by atoms with Crippen molar-refractivity contribution in [1.82, 2.24) is 5.32 Å². The van der Waals surface area contributed by atoms with Crippen LogP contribution in [-0.4, -0.2) is 41.1 Å². The molecule has 0 saturated carbocycles. The van der Waals surface area contributed by atoms with E-state index in [4.69, 9.17) is 9.47 Å². The summed E-state index contributed by atoms with van der Waals surface area (Å²) in [6.45, 7) is 7.34. The number of carboxylic acids is 1. The van der Waals surface area contributed by atoms with Crippen LogP contribution in [0, 0.1) is 5.92 Å². The lowest BCUT2D eigenvalue weighted by Gasteiger charge is -2.19. The van der Waals surface area contributed by atoms with E-state index in [1.807, 2.05) is 30.3 Å². The molecule has 0 aliphatic rings. The number of carboxylic acid groups (broad SMARTS) is 1. The van der Waals surface area contributed by atoms with E-state index in [1.54, 1.807) is 27.7 Å². The average molecular weight is 406 g/mol. The third kappa shape index (κ3) is 11.5. The van der Waals surface area contributed by atoms with E-state index in [-0.39, 0.29) is 19.4 Å². The zero-order valence-electron chi connectivity index (χ0n) is 17.4. The number of hydrogen-bond donors (Lipinski definition) is 2. The molecule has 0 unspecified atom stereocenters. The Labute approximate surface area is 171 Å². The molecule has 0 aliphatic carbocycles. The highest BCUT2D eigenvalue weighted by Crippen LogP contribution is 2.14. The van der Waals surface area contributed by atoms with Crippen molar-refractivity contribution < 1.29 is 29.0 Å². The summed E-state index contributed by atoms with van der Waals surface area (Å²) in [7, 11) is 0. The maximum Gasteiger partial charge on any atom is 0.413 e. The standard InChI is InChI=1S/C21H30N2O6/c1-15(23-20(27)29-21(2,3)4)22-12-8-11-17(19(25)26)13-18(24)28-14-16-9-6-5-7-10-16/h5-7,9-10,17H,8,11-14H2,1-4H3,(H,25,26)(H,22,23,27)/t17-/m1/s1. The molecule has 1 atom stereocenters. The molecular weight excluding hydrogens is 376 g/mol. The van der Waals surface area contributed by atoms with Gasteiger partial charge in [0, 0.05) is 6.54 Å². The predicted molar refractivity (Wildman–Crippen MR) is 109 cm³/mol. The second-order valence-corrected chi connectivity index (χ2v) is 7.62. The van der Waals surface area contributed by atoms with Crippen molar-refractivity contribution in [3.05, 3.63) is 35.9 Å². The van der Waals surface area contributed by atoms with Crippen LogP contribution in [0.15, 0.2) is 35.3 Å². The Morgan fingerprint density at radius 1 is 1.17 bits per heavy atom. The lowest BCUT2D eigenvalue weighted by atomic mass is 10.00. The number of esters is 1. The van der Waals surface area contributed by atoms with E-state index in [0.29, 0.717) is 18.8 Å². The van der Waals surface area contributed by atoms with E-state index in [9.17, 15) is 19.5 Å². The van der Waals surface area contributed by atoms with Gasteiger partial charge >= 0.3 is 18.0 Å². The number of aliphatic imine (C=N–C) groups is 1. The first-order chi connectivity index (χ1) is 13.6. The summed E-state index contributed by atoms with van der Waals surface area (Å²) in [6.07, 6.45) is -0.0562. The van der Waals surface area contributed by atoms with Crippen LogP contribution in [0.5, 0.6) is 0 Å². The lowest BCUT2D eigenvalue weighted by molar-refractivity contribution is -0.152. The normalized spacial score (nSPS) is 12.8. The van der Waals surface area contributed by atoms with Gasteiger partial charge in [0.25, 0.3) is 0 Å². The number of benzene rings is 1. The molecule has 1 rings (SSSR count). The van der Waals surface area contributed by atoms with Gasteiger partial charge in [-0.2, -0.15) is 0 Å². The molecule has 0 heterocycles. The van der Waals surface area contributed by atoms with Crippen molar-refractivity contribution in [2.24, 2.45) is 10.9 Å². The number of nitrogens with one attached hydrogen (secondary N) is 1. The van der Waals surface area contributed by atoms with Crippen molar-refractivity contribution >= 4 is 23.9 Å². The van der Waals surface area contributed by atoms with Crippen molar-refractivity contribution in [1.29, 1.82) is 0 Å². The zero-order valence-corrected chi connectivity index (χ0v) is 17.4. The first-order valence-corrected chi connectivity index (χ1v) is 9.50. The number of ether oxygens (including phenoxy) is 2. The molecule has 1 aromatic rings. The Morgan fingerprint density at radius 3 is 2.41 bits per heavy atom. The number of carbonyl (C=O) groups is 3. The molecule has 0 saturated heterocycles. The summed E-state index contributed by atoms with van der Waals surface area (Å²) >= 11 is 0. The Kier molecular flexibility index (Phi) is 9.85. The smallest absolute Gasteiger partial charge is 0.413 e. The summed E-state index contributed by atoms with van der Waals surface area (Å²) in [4.78, 5) is 39.1. The predicted octanol–water partition coefficient (Wildman–Crippen LogP) is 3.54. The second-order valence-electron chi connectivity index (χ2n) is 7.62. The molecule has 1 aromatic carbocycles. The van der Waals surface area contributed by atoms with Crippen molar-refractivity contribution in [3.63, 3.8) is 0 Å². The van der Waals surface area contributed by atoms with Gasteiger partial charge in [-0.3, -0.25) is 19.9 Å². The van der Waals surface area contributed by atoms with Gasteiger partial charge in [0.05, 0.1) is 12.3 Å². The molecule has 0 aliphatic heterocycles. The van der Waals surface area contributed by atoms with Crippen LogP contribution in [-0.2, 0) is 25.7 Å². The number of nitrogens with zero attached hydrogens (tertiary/aromatic N) is 1.